The Bertz CT molecular complexity index is 1300. The summed E-state index contributed by atoms with van der Waals surface area (Å²) in [6, 6.07) is 1.45. The number of hydrogen-bond acceptors (Lipinski definition) is 0. The van der Waals surface area contributed by atoms with Gasteiger partial charge >= 0.3 is 59.2 Å². The van der Waals surface area contributed by atoms with Crippen LogP contribution in [0.4, 0.5) is 87.8 Å². The first-order valence-electron chi connectivity index (χ1n) is 12.0. The first-order valence-corrected chi connectivity index (χ1v) is 12.0. The first-order chi connectivity index (χ1) is 20.0. The van der Waals surface area contributed by atoms with Crippen LogP contribution in [0.25, 0.3) is 0 Å². The van der Waals surface area contributed by atoms with Gasteiger partial charge in [-0.05, 0) is 52.0 Å². The van der Waals surface area contributed by atoms with Crippen molar-refractivity contribution in [2.75, 3.05) is 0 Å². The predicted molar refractivity (Wildman–Crippen MR) is 119 cm³/mol. The maximum atomic E-state index is 14.5. The van der Waals surface area contributed by atoms with E-state index in [1.807, 2.05) is 0 Å². The molecule has 0 unspecified atom stereocenters. The van der Waals surface area contributed by atoms with Crippen LogP contribution in [0.3, 0.4) is 0 Å². The maximum absolute atomic E-state index is 14.5. The van der Waals surface area contributed by atoms with E-state index in [2.05, 4.69) is 0 Å². The fourth-order valence-corrected chi connectivity index (χ4v) is 4.25. The van der Waals surface area contributed by atoms with E-state index in [0.29, 0.717) is 0 Å². The predicted octanol–water partition coefficient (Wildman–Crippen LogP) is 10.9. The molecule has 0 aliphatic heterocycles. The molecule has 2 aromatic carbocycles. The standard InChI is InChI=1S/C26H18F20/c1-11-5-12(2)8-15(7-11)17(27,28)19(31,32)21(35,36)23(39,40)25(43,44)26(45,46)24(41,42)22(37,38)20(33,34)18(29,30)16-9-13(3)6-14(4)10-16/h5-10H,1-4H3. The summed E-state index contributed by atoms with van der Waals surface area (Å²) in [5.41, 5.74) is -6.55. The molecule has 0 saturated carbocycles. The number of alkyl halides is 20. The van der Waals surface area contributed by atoms with Crippen LogP contribution in [0.15, 0.2) is 36.4 Å². The molecule has 0 aliphatic rings. The van der Waals surface area contributed by atoms with Crippen molar-refractivity contribution in [1.29, 1.82) is 0 Å². The van der Waals surface area contributed by atoms with Crippen molar-refractivity contribution in [2.24, 2.45) is 0 Å². The van der Waals surface area contributed by atoms with Crippen molar-refractivity contribution in [3.8, 4) is 0 Å². The van der Waals surface area contributed by atoms with Crippen LogP contribution in [0.2, 0.25) is 0 Å². The van der Waals surface area contributed by atoms with Gasteiger partial charge in [-0.25, -0.2) is 0 Å². The van der Waals surface area contributed by atoms with E-state index in [1.165, 1.54) is 0 Å². The van der Waals surface area contributed by atoms with Crippen LogP contribution in [-0.4, -0.2) is 47.4 Å². The molecule has 0 N–H and O–H groups in total. The Kier molecular flexibility index (Phi) is 9.19. The van der Waals surface area contributed by atoms with Crippen LogP contribution in [0.1, 0.15) is 33.4 Å². The summed E-state index contributed by atoms with van der Waals surface area (Å²) in [6.07, 6.45) is 0. The largest absolute Gasteiger partial charge is 0.385 e. The molecule has 0 bridgehead atoms. The van der Waals surface area contributed by atoms with Crippen molar-refractivity contribution >= 4 is 0 Å². The molecule has 2 rings (SSSR count). The van der Waals surface area contributed by atoms with Crippen molar-refractivity contribution < 1.29 is 87.8 Å². The highest BCUT2D eigenvalue weighted by molar-refractivity contribution is 5.35. The minimum atomic E-state index is -9.07. The lowest BCUT2D eigenvalue weighted by Crippen LogP contribution is -2.76. The van der Waals surface area contributed by atoms with Crippen LogP contribution >= 0.6 is 0 Å². The number of rotatable bonds is 11. The number of hydrogen-bond donors (Lipinski definition) is 0. The maximum Gasteiger partial charge on any atom is 0.385 e. The third-order valence-electron chi connectivity index (χ3n) is 6.72. The number of halogens is 20. The highest BCUT2D eigenvalue weighted by Crippen LogP contribution is 2.67. The van der Waals surface area contributed by atoms with Crippen molar-refractivity contribution in [3.05, 3.63) is 69.8 Å². The van der Waals surface area contributed by atoms with Crippen LogP contribution < -0.4 is 0 Å². The van der Waals surface area contributed by atoms with Crippen molar-refractivity contribution in [2.45, 2.75) is 86.9 Å². The van der Waals surface area contributed by atoms with E-state index < -0.39 is 92.6 Å². The van der Waals surface area contributed by atoms with Gasteiger partial charge in [0.2, 0.25) is 0 Å². The summed E-state index contributed by atoms with van der Waals surface area (Å²) < 4.78 is 287. The summed E-state index contributed by atoms with van der Waals surface area (Å²) in [5.74, 6) is -82.5. The molecule has 0 radical (unpaired) electrons. The lowest BCUT2D eigenvalue weighted by atomic mass is 9.83. The fourth-order valence-electron chi connectivity index (χ4n) is 4.25. The van der Waals surface area contributed by atoms with Gasteiger partial charge in [0, 0.05) is 11.1 Å². The highest BCUT2D eigenvalue weighted by atomic mass is 19.4. The topological polar surface area (TPSA) is 0 Å². The van der Waals surface area contributed by atoms with Crippen LogP contribution in [-0.2, 0) is 11.8 Å². The third kappa shape index (κ3) is 5.06. The molecule has 46 heavy (non-hydrogen) atoms. The smallest absolute Gasteiger partial charge is 0.194 e. The molecule has 0 aliphatic carbocycles. The summed E-state index contributed by atoms with van der Waals surface area (Å²) in [5, 5.41) is 0. The molecular weight excluding hydrogens is 692 g/mol. The molecular formula is C26H18F20. The van der Waals surface area contributed by atoms with Gasteiger partial charge in [0.1, 0.15) is 0 Å². The zero-order valence-electron chi connectivity index (χ0n) is 23.0. The first kappa shape index (κ1) is 39.2. The lowest BCUT2D eigenvalue weighted by molar-refractivity contribution is -0.470. The molecule has 20 heteroatoms. The van der Waals surface area contributed by atoms with Gasteiger partial charge in [-0.15, -0.1) is 0 Å². The second-order valence-electron chi connectivity index (χ2n) is 10.5. The SMILES string of the molecule is Cc1cc(C)cc(C(F)(F)C(F)(F)C(F)(F)C(F)(F)C(F)(F)C(F)(F)C(F)(F)C(F)(F)C(F)(F)C(F)(F)c2cc(C)cc(C)c2)c1. The Morgan fingerprint density at radius 1 is 0.261 bits per heavy atom. The van der Waals surface area contributed by atoms with Gasteiger partial charge in [0.05, 0.1) is 0 Å². The summed E-state index contributed by atoms with van der Waals surface area (Å²) in [6.45, 7) is 3.36. The van der Waals surface area contributed by atoms with Gasteiger partial charge in [0.25, 0.3) is 0 Å². The normalized spacial score (nSPS) is 15.4. The Balaban J connectivity index is 2.75. The van der Waals surface area contributed by atoms with Gasteiger partial charge in [0.15, 0.2) is 0 Å². The summed E-state index contributed by atoms with van der Waals surface area (Å²) in [4.78, 5) is 0. The van der Waals surface area contributed by atoms with Crippen molar-refractivity contribution in [3.63, 3.8) is 0 Å². The molecule has 0 fully saturated rings. The van der Waals surface area contributed by atoms with E-state index in [1.54, 1.807) is 0 Å². The molecule has 0 atom stereocenters. The van der Waals surface area contributed by atoms with E-state index in [9.17, 15) is 87.8 Å². The molecule has 2 aromatic rings. The van der Waals surface area contributed by atoms with Crippen LogP contribution in [0, 0.1) is 27.7 Å². The Hall–Kier alpha value is -2.96. The molecule has 0 nitrogen and oxygen atoms in total. The van der Waals surface area contributed by atoms with Gasteiger partial charge in [-0.2, -0.15) is 87.8 Å². The zero-order chi connectivity index (χ0) is 36.7. The van der Waals surface area contributed by atoms with E-state index in [-0.39, 0.29) is 24.3 Å². The molecule has 0 heterocycles. The number of aryl methyl sites for hydroxylation is 4. The quantitative estimate of drug-likeness (QED) is 0.204. The van der Waals surface area contributed by atoms with E-state index in [4.69, 9.17) is 0 Å². The Morgan fingerprint density at radius 2 is 0.413 bits per heavy atom. The van der Waals surface area contributed by atoms with Crippen molar-refractivity contribution in [1.82, 2.24) is 0 Å². The average molecular weight is 710 g/mol. The van der Waals surface area contributed by atoms with E-state index >= 15 is 0 Å². The van der Waals surface area contributed by atoms with Crippen LogP contribution in [0.5, 0.6) is 0 Å². The lowest BCUT2D eigenvalue weighted by Gasteiger charge is -2.45. The minimum absolute atomic E-state index is 0.0887. The minimum Gasteiger partial charge on any atom is -0.194 e. The van der Waals surface area contributed by atoms with E-state index in [0.717, 1.165) is 39.8 Å². The zero-order valence-corrected chi connectivity index (χ0v) is 23.0. The average Bonchev–Trinajstić information content (AvgIpc) is 2.86. The Morgan fingerprint density at radius 3 is 0.587 bits per heavy atom. The van der Waals surface area contributed by atoms with Gasteiger partial charge < -0.3 is 0 Å². The molecule has 0 saturated heterocycles. The summed E-state index contributed by atoms with van der Waals surface area (Å²) >= 11 is 0. The molecule has 0 spiro atoms. The third-order valence-corrected chi connectivity index (χ3v) is 6.72. The summed E-state index contributed by atoms with van der Waals surface area (Å²) in [7, 11) is 0. The monoisotopic (exact) mass is 710 g/mol. The Labute approximate surface area is 245 Å². The highest BCUT2D eigenvalue weighted by Gasteiger charge is 2.97. The second-order valence-corrected chi connectivity index (χ2v) is 10.5. The number of benzene rings is 2. The molecule has 0 amide bonds. The van der Waals surface area contributed by atoms with Gasteiger partial charge in [-0.3, -0.25) is 0 Å². The second kappa shape index (κ2) is 10.8. The fraction of sp³-hybridized carbons (Fsp3) is 0.538. The van der Waals surface area contributed by atoms with Gasteiger partial charge in [-0.1, -0.05) is 34.4 Å². The molecule has 262 valence electrons. The molecule has 0 aromatic heterocycles.